The first-order valence-electron chi connectivity index (χ1n) is 39.9. The summed E-state index contributed by atoms with van der Waals surface area (Å²) in [5, 5.41) is 38.4. The molecule has 0 saturated carbocycles. The van der Waals surface area contributed by atoms with E-state index in [0.717, 1.165) is 32.8 Å². The van der Waals surface area contributed by atoms with Crippen molar-refractivity contribution in [2.24, 2.45) is 16.8 Å². The Labute approximate surface area is 747 Å². The van der Waals surface area contributed by atoms with Crippen LogP contribution in [0.4, 0.5) is 28.8 Å². The molecule has 9 rings (SSSR count). The van der Waals surface area contributed by atoms with Crippen LogP contribution in [0.25, 0.3) is 10.4 Å². The van der Waals surface area contributed by atoms with Crippen molar-refractivity contribution in [2.75, 3.05) is 95.1 Å². The summed E-state index contributed by atoms with van der Waals surface area (Å²) in [6.07, 6.45) is -0.268. The van der Waals surface area contributed by atoms with Crippen molar-refractivity contribution in [1.82, 2.24) is 29.4 Å². The Balaban J connectivity index is 0.00000144. The van der Waals surface area contributed by atoms with E-state index in [1.54, 1.807) is 125 Å². The molecule has 1 aromatic carbocycles. The Hall–Kier alpha value is -9.29. The van der Waals surface area contributed by atoms with E-state index in [2.05, 4.69) is 29.0 Å². The summed E-state index contributed by atoms with van der Waals surface area (Å²) < 4.78 is 69.8. The van der Waals surface area contributed by atoms with Crippen LogP contribution in [0.5, 0.6) is 0 Å². The first-order chi connectivity index (χ1) is 56.8. The molecule has 0 aliphatic carbocycles. The van der Waals surface area contributed by atoms with Crippen LogP contribution in [-0.4, -0.2) is 324 Å². The van der Waals surface area contributed by atoms with Crippen LogP contribution in [0.3, 0.4) is 0 Å². The third-order valence-corrected chi connectivity index (χ3v) is 17.3. The number of carboxylic acid groups (broad SMARTS) is 1. The van der Waals surface area contributed by atoms with Crippen molar-refractivity contribution in [1.29, 1.82) is 0 Å². The van der Waals surface area contributed by atoms with E-state index >= 15 is 0 Å². The topological polar surface area (TPSA) is 546 Å². The number of fused-ring (bicyclic) bond motifs is 2. The molecule has 2 bridgehead atoms. The number of morpholine rings is 1. The number of aliphatic hydroxyl groups excluding tert-OH is 3. The molecule has 700 valence electrons. The third kappa shape index (κ3) is 43.6. The number of benzene rings is 1. The zero-order valence-corrected chi connectivity index (χ0v) is 78.8. The maximum atomic E-state index is 12.4. The maximum Gasteiger partial charge on any atom is 1.00 e. The van der Waals surface area contributed by atoms with Gasteiger partial charge >= 0.3 is 108 Å². The minimum absolute atomic E-state index is 0. The van der Waals surface area contributed by atoms with Gasteiger partial charge in [-0.25, -0.2) is 57.5 Å². The molecular weight excluding hydrogens is 1650 g/mol. The number of β-amino-alcohol motifs (C(OH)–C–C–N with tert-alkyl or cyclic N) is 2. The number of esters is 7. The average molecular weight is 1780 g/mol. The summed E-state index contributed by atoms with van der Waals surface area (Å²) in [5.74, 6) is -4.52. The largest absolute Gasteiger partial charge is 1.00 e. The number of likely N-dealkylation sites (tertiary alicyclic amines) is 6. The van der Waals surface area contributed by atoms with Crippen LogP contribution in [0.2, 0.25) is 0 Å². The molecule has 8 aliphatic heterocycles. The molecular formula is C81H133N10NaO32. The number of nitrogens with two attached hydrogens (primary N) is 1. The fraction of sp³-hybridized carbons (Fsp3) is 0.753. The van der Waals surface area contributed by atoms with Crippen molar-refractivity contribution in [3.63, 3.8) is 0 Å². The molecule has 8 fully saturated rings. The van der Waals surface area contributed by atoms with Crippen LogP contribution in [0.1, 0.15) is 195 Å². The molecule has 42 nitrogen and oxygen atoms in total. The molecule has 12 atom stereocenters. The van der Waals surface area contributed by atoms with Gasteiger partial charge in [-0.3, -0.25) is 34.2 Å². The molecule has 43 heteroatoms. The summed E-state index contributed by atoms with van der Waals surface area (Å²) in [4.78, 5) is 173. The Bertz CT molecular complexity index is 3500. The number of aliphatic carboxylic acids is 1. The van der Waals surface area contributed by atoms with Gasteiger partial charge in [-0.2, -0.15) is 0 Å². The van der Waals surface area contributed by atoms with Gasteiger partial charge in [-0.1, -0.05) is 35.4 Å². The van der Waals surface area contributed by atoms with Crippen LogP contribution >= 0.6 is 0 Å². The number of hydrogen-bond donors (Lipinski definition) is 4. The van der Waals surface area contributed by atoms with Gasteiger partial charge in [0.05, 0.1) is 79.9 Å². The minimum Gasteiger partial charge on any atom is -0.550 e. The average Bonchev–Trinajstić information content (AvgIpc) is 1.63. The Morgan fingerprint density at radius 1 is 0.476 bits per heavy atom. The zero-order valence-electron chi connectivity index (χ0n) is 76.8. The van der Waals surface area contributed by atoms with Crippen LogP contribution in [0, 0.1) is 5.92 Å². The van der Waals surface area contributed by atoms with Gasteiger partial charge in [0.1, 0.15) is 82.6 Å². The van der Waals surface area contributed by atoms with Crippen molar-refractivity contribution >= 4 is 84.3 Å². The van der Waals surface area contributed by atoms with Gasteiger partial charge in [0.2, 0.25) is 0 Å². The second-order valence-electron chi connectivity index (χ2n) is 34.9. The van der Waals surface area contributed by atoms with Crippen LogP contribution in [-0.2, 0) is 111 Å². The fourth-order valence-corrected chi connectivity index (χ4v) is 12.4. The molecule has 1 aromatic rings. The first-order valence-corrected chi connectivity index (χ1v) is 39.9. The summed E-state index contributed by atoms with van der Waals surface area (Å²) in [7, 11) is 7.31. The van der Waals surface area contributed by atoms with Crippen molar-refractivity contribution < 1.29 is 183 Å². The molecule has 0 aromatic heterocycles. The second kappa shape index (κ2) is 53.2. The number of aliphatic hydroxyl groups is 3. The smallest absolute Gasteiger partial charge is 0.550 e. The molecule has 8 saturated heterocycles. The molecule has 5 N–H and O–H groups in total. The number of amides is 6. The number of azide groups is 1. The van der Waals surface area contributed by atoms with Crippen molar-refractivity contribution in [3.05, 3.63) is 46.3 Å². The van der Waals surface area contributed by atoms with E-state index in [1.165, 1.54) is 77.8 Å². The van der Waals surface area contributed by atoms with E-state index in [4.69, 9.17) is 73.6 Å². The summed E-state index contributed by atoms with van der Waals surface area (Å²) in [5.41, 5.74) is 11.4. The Morgan fingerprint density at radius 2 is 0.790 bits per heavy atom. The SMILES string of the molecule is C1CCOC1.CC(=O)[O-].CC(C)(C)OC(=O)N1CC2CC1C(=O)O2.CO.COC(=O)[C@@H]1C[C@@H](CC(=O)OCc2ccccc2)CN1C(=O)OC(C)(C)C.COC(=O)[C@@H]1C[C@@H](N)CN1C(=O)OC(C)(C)C.COC(=O)[C@@H]1C[C@@H](N=[N+]=[N-])CN1C(=O)OC(C)(C)C.COC(=O)[C@@H]1C[C@@H](O)CN1C(=O)OC(C)(C)C.COC(=O)[C@@H]1C[C@H](O)CN1C(=O)OC(C)(C)C.[Na+]. The second-order valence-corrected chi connectivity index (χ2v) is 34.9. The van der Waals surface area contributed by atoms with E-state index in [-0.39, 0.29) is 118 Å². The standard InChI is InChI=1S/C20H27NO6.C11H18N4O4.C11H20N2O4.2C11H19NO5.C10H15NO4.C4H8O.C2H4O2.CH4O.Na/c1-20(2,3)27-19(24)21-12-15(10-16(21)18(23)25-4)11-17(22)26-13-14-8-6-5-7-9-14;1-11(2,3)19-10(17)15-6-7(13-14-12)5-8(15)9(16)18-4;1-11(2,3)17-10(15)13-6-7(12)5-8(13)9(14)16-4;2*1-11(2,3)17-10(15)12-6-7(13)5-8(12)9(14)16-4;1-10(2,3)15-9(13)11-5-6-4-7(11)8(12)14-6;1-2-4-5-3-1;1-2(3)4;1-2;/h5-9,15-16H,10-13H2,1-4H3;7-8H,5-6H2,1-4H3;7-8H,5-6,12H2,1-4H3;2*7-8,13H,5-6H2,1-4H3;6-7H,4-5H2,1-3H3;1-4H2;1H3,(H,3,4);2H,1H3;/q;;;;;;;;;+1/p-1/t15-,16-;3*7-,8+;7-,8-;;;;;/m01110...../s1. The number of carbonyl (C=O) groups is 14. The molecule has 124 heavy (non-hydrogen) atoms. The number of carbonyl (C=O) groups excluding carboxylic acids is 14. The predicted octanol–water partition coefficient (Wildman–Crippen LogP) is 3.41. The van der Waals surface area contributed by atoms with E-state index in [0.29, 0.717) is 32.4 Å². The molecule has 8 aliphatic rings. The van der Waals surface area contributed by atoms with Gasteiger partial charge in [0.15, 0.2) is 0 Å². The van der Waals surface area contributed by atoms with Crippen LogP contribution < -0.4 is 40.4 Å². The summed E-state index contributed by atoms with van der Waals surface area (Å²) in [6.45, 7) is 36.2. The number of carboxylic acids is 1. The molecule has 8 heterocycles. The molecule has 0 spiro atoms. The first kappa shape index (κ1) is 115. The van der Waals surface area contributed by atoms with E-state index in [9.17, 15) is 72.5 Å². The van der Waals surface area contributed by atoms with E-state index < -0.39 is 160 Å². The van der Waals surface area contributed by atoms with Gasteiger partial charge in [-0.05, 0) is 181 Å². The summed E-state index contributed by atoms with van der Waals surface area (Å²) >= 11 is 0. The van der Waals surface area contributed by atoms with Crippen LogP contribution in [0.15, 0.2) is 35.4 Å². The maximum absolute atomic E-state index is 12.4. The number of nitrogens with zero attached hydrogens (tertiary/aromatic N) is 9. The third-order valence-electron chi connectivity index (χ3n) is 17.3. The van der Waals surface area contributed by atoms with Crippen molar-refractivity contribution in [2.45, 2.75) is 296 Å². The molecule has 0 radical (unpaired) electrons. The van der Waals surface area contributed by atoms with Gasteiger partial charge in [-0.15, -0.1) is 0 Å². The summed E-state index contributed by atoms with van der Waals surface area (Å²) in [6, 6.07) is 4.63. The minimum atomic E-state index is -1.08. The van der Waals surface area contributed by atoms with Crippen molar-refractivity contribution in [3.8, 4) is 0 Å². The van der Waals surface area contributed by atoms with Gasteiger partial charge < -0.3 is 97.3 Å². The van der Waals surface area contributed by atoms with Gasteiger partial charge in [0, 0.05) is 76.1 Å². The quantitative estimate of drug-likeness (QED) is 0.0651. The Morgan fingerprint density at radius 3 is 1.10 bits per heavy atom. The molecule has 2 unspecified atom stereocenters. The number of rotatable bonds is 10. The molecule has 6 amide bonds. The Kier molecular flexibility index (Phi) is 49.3. The number of methoxy groups -OCH3 is 5. The zero-order chi connectivity index (χ0) is 94.6. The number of hydrogen-bond acceptors (Lipinski definition) is 34. The van der Waals surface area contributed by atoms with Gasteiger partial charge in [0.25, 0.3) is 0 Å². The fourth-order valence-electron chi connectivity index (χ4n) is 12.4. The normalized spacial score (nSPS) is 22.6. The number of ether oxygens (including phenoxy) is 14. The van der Waals surface area contributed by atoms with E-state index in [1.807, 2.05) is 30.3 Å². The predicted molar refractivity (Wildman–Crippen MR) is 434 cm³/mol. The monoisotopic (exact) mass is 1780 g/mol.